The molecule has 1 aliphatic carbocycles. The van der Waals surface area contributed by atoms with Crippen molar-refractivity contribution < 1.29 is 9.90 Å². The molecule has 0 aliphatic heterocycles. The van der Waals surface area contributed by atoms with Crippen LogP contribution in [0.2, 0.25) is 0 Å². The highest BCUT2D eigenvalue weighted by Crippen LogP contribution is 2.42. The van der Waals surface area contributed by atoms with E-state index in [1.54, 1.807) is 12.1 Å². The Morgan fingerprint density at radius 1 is 1.09 bits per heavy atom. The first-order valence-electron chi connectivity index (χ1n) is 7.82. The molecule has 22 heavy (non-hydrogen) atoms. The maximum atomic E-state index is 10.8. The fraction of sp³-hybridized carbons (Fsp3) is 0.316. The molecule has 114 valence electrons. The Bertz CT molecular complexity index is 618. The lowest BCUT2D eigenvalue weighted by Crippen LogP contribution is -2.22. The maximum absolute atomic E-state index is 10.8. The van der Waals surface area contributed by atoms with Gasteiger partial charge >= 0.3 is 5.97 Å². The summed E-state index contributed by atoms with van der Waals surface area (Å²) in [4.78, 5) is 10.8. The Balaban J connectivity index is 1.56. The van der Waals surface area contributed by atoms with Crippen LogP contribution in [0, 0.1) is 5.92 Å². The van der Waals surface area contributed by atoms with E-state index in [0.717, 1.165) is 24.6 Å². The summed E-state index contributed by atoms with van der Waals surface area (Å²) in [5, 5.41) is 12.4. The lowest BCUT2D eigenvalue weighted by molar-refractivity contribution is 0.0697. The molecule has 3 heteroatoms. The van der Waals surface area contributed by atoms with Gasteiger partial charge in [0, 0.05) is 13.1 Å². The van der Waals surface area contributed by atoms with Gasteiger partial charge in [-0.3, -0.25) is 0 Å². The molecule has 0 amide bonds. The van der Waals surface area contributed by atoms with E-state index in [-0.39, 0.29) is 0 Å². The summed E-state index contributed by atoms with van der Waals surface area (Å²) in [6, 6.07) is 17.8. The van der Waals surface area contributed by atoms with Crippen LogP contribution in [0.15, 0.2) is 54.6 Å². The van der Waals surface area contributed by atoms with Gasteiger partial charge in [-0.25, -0.2) is 4.79 Å². The third-order valence-corrected chi connectivity index (χ3v) is 4.31. The van der Waals surface area contributed by atoms with Crippen molar-refractivity contribution in [2.75, 3.05) is 6.54 Å². The van der Waals surface area contributed by atoms with E-state index in [0.29, 0.717) is 11.5 Å². The van der Waals surface area contributed by atoms with Gasteiger partial charge < -0.3 is 10.4 Å². The number of hydrogen-bond acceptors (Lipinski definition) is 2. The van der Waals surface area contributed by atoms with Crippen molar-refractivity contribution in [1.29, 1.82) is 0 Å². The summed E-state index contributed by atoms with van der Waals surface area (Å²) < 4.78 is 0. The van der Waals surface area contributed by atoms with Crippen molar-refractivity contribution in [3.63, 3.8) is 0 Å². The number of carboxylic acids is 1. The summed E-state index contributed by atoms with van der Waals surface area (Å²) in [5.41, 5.74) is 2.87. The monoisotopic (exact) mass is 295 g/mol. The van der Waals surface area contributed by atoms with Gasteiger partial charge in [0.1, 0.15) is 0 Å². The van der Waals surface area contributed by atoms with Crippen molar-refractivity contribution in [3.05, 3.63) is 71.3 Å². The number of rotatable bonds is 7. The molecular weight excluding hydrogens is 274 g/mol. The highest BCUT2D eigenvalue weighted by Gasteiger charge is 2.31. The minimum Gasteiger partial charge on any atom is -0.478 e. The maximum Gasteiger partial charge on any atom is 0.335 e. The first-order valence-corrected chi connectivity index (χ1v) is 7.82. The summed E-state index contributed by atoms with van der Waals surface area (Å²) in [6.45, 7) is 1.74. The fourth-order valence-corrected chi connectivity index (χ4v) is 2.89. The standard InChI is InChI=1S/C19H21NO2/c21-19(22)17-8-6-14(7-9-17)12-20-13-18(16-10-11-16)15-4-2-1-3-5-15/h1-9,16,18,20H,10-13H2,(H,21,22). The van der Waals surface area contributed by atoms with Gasteiger partial charge in [0.25, 0.3) is 0 Å². The number of hydrogen-bond donors (Lipinski definition) is 2. The second kappa shape index (κ2) is 6.75. The number of carbonyl (C=O) groups is 1. The zero-order valence-electron chi connectivity index (χ0n) is 12.5. The van der Waals surface area contributed by atoms with Crippen LogP contribution in [-0.2, 0) is 6.54 Å². The van der Waals surface area contributed by atoms with Gasteiger partial charge in [-0.2, -0.15) is 0 Å². The molecule has 0 heterocycles. The first kappa shape index (κ1) is 14.8. The Kier molecular flexibility index (Phi) is 4.54. The first-order chi connectivity index (χ1) is 10.7. The number of carboxylic acid groups (broad SMARTS) is 1. The smallest absolute Gasteiger partial charge is 0.335 e. The Hall–Kier alpha value is -2.13. The second-order valence-corrected chi connectivity index (χ2v) is 5.99. The van der Waals surface area contributed by atoms with E-state index in [1.807, 2.05) is 12.1 Å². The minimum atomic E-state index is -0.877. The SMILES string of the molecule is O=C(O)c1ccc(CNCC(c2ccccc2)C2CC2)cc1. The average molecular weight is 295 g/mol. The van der Waals surface area contributed by atoms with Gasteiger partial charge in [0.05, 0.1) is 5.56 Å². The van der Waals surface area contributed by atoms with Crippen LogP contribution in [0.1, 0.15) is 40.2 Å². The van der Waals surface area contributed by atoms with Crippen LogP contribution in [0.3, 0.4) is 0 Å². The number of benzene rings is 2. The Morgan fingerprint density at radius 2 is 1.77 bits per heavy atom. The van der Waals surface area contributed by atoms with Crippen molar-refractivity contribution >= 4 is 5.97 Å². The number of nitrogens with one attached hydrogen (secondary N) is 1. The number of aromatic carboxylic acids is 1. The van der Waals surface area contributed by atoms with Gasteiger partial charge in [-0.15, -0.1) is 0 Å². The zero-order chi connectivity index (χ0) is 15.4. The molecule has 2 N–H and O–H groups in total. The molecule has 0 spiro atoms. The second-order valence-electron chi connectivity index (χ2n) is 5.99. The third-order valence-electron chi connectivity index (χ3n) is 4.31. The van der Waals surface area contributed by atoms with Crippen molar-refractivity contribution in [2.24, 2.45) is 5.92 Å². The van der Waals surface area contributed by atoms with Gasteiger partial charge in [0.2, 0.25) is 0 Å². The van der Waals surface area contributed by atoms with Crippen molar-refractivity contribution in [3.8, 4) is 0 Å². The predicted molar refractivity (Wildman–Crippen MR) is 87.0 cm³/mol. The van der Waals surface area contributed by atoms with Crippen LogP contribution in [0.25, 0.3) is 0 Å². The van der Waals surface area contributed by atoms with Crippen LogP contribution < -0.4 is 5.32 Å². The van der Waals surface area contributed by atoms with E-state index in [9.17, 15) is 4.79 Å². The van der Waals surface area contributed by atoms with Gasteiger partial charge in [-0.1, -0.05) is 42.5 Å². The summed E-state index contributed by atoms with van der Waals surface area (Å²) in [7, 11) is 0. The van der Waals surface area contributed by atoms with E-state index >= 15 is 0 Å². The van der Waals surface area contributed by atoms with Gasteiger partial charge in [0.15, 0.2) is 0 Å². The van der Waals surface area contributed by atoms with Crippen LogP contribution in [0.5, 0.6) is 0 Å². The molecule has 1 saturated carbocycles. The molecule has 0 aromatic heterocycles. The Morgan fingerprint density at radius 3 is 2.36 bits per heavy atom. The van der Waals surface area contributed by atoms with E-state index in [1.165, 1.54) is 18.4 Å². The Labute approximate surface area is 131 Å². The normalized spacial score (nSPS) is 15.5. The van der Waals surface area contributed by atoms with Crippen LogP contribution in [0.4, 0.5) is 0 Å². The van der Waals surface area contributed by atoms with E-state index < -0.39 is 5.97 Å². The van der Waals surface area contributed by atoms with Crippen LogP contribution >= 0.6 is 0 Å². The fourth-order valence-electron chi connectivity index (χ4n) is 2.89. The molecular formula is C19H21NO2. The minimum absolute atomic E-state index is 0.337. The van der Waals surface area contributed by atoms with Crippen molar-refractivity contribution in [1.82, 2.24) is 5.32 Å². The zero-order valence-corrected chi connectivity index (χ0v) is 12.5. The molecule has 1 aliphatic rings. The highest BCUT2D eigenvalue weighted by molar-refractivity contribution is 5.87. The third kappa shape index (κ3) is 3.74. The lowest BCUT2D eigenvalue weighted by atomic mass is 9.94. The molecule has 2 aromatic carbocycles. The molecule has 1 atom stereocenters. The van der Waals surface area contributed by atoms with E-state index in [2.05, 4.69) is 35.6 Å². The topological polar surface area (TPSA) is 49.3 Å². The molecule has 0 radical (unpaired) electrons. The van der Waals surface area contributed by atoms with Gasteiger partial charge in [-0.05, 0) is 47.9 Å². The largest absolute Gasteiger partial charge is 0.478 e. The van der Waals surface area contributed by atoms with Crippen molar-refractivity contribution in [2.45, 2.75) is 25.3 Å². The van der Waals surface area contributed by atoms with Crippen LogP contribution in [-0.4, -0.2) is 17.6 Å². The average Bonchev–Trinajstić information content (AvgIpc) is 3.37. The molecule has 3 nitrogen and oxygen atoms in total. The lowest BCUT2D eigenvalue weighted by Gasteiger charge is -2.17. The summed E-state index contributed by atoms with van der Waals surface area (Å²) in [6.07, 6.45) is 2.66. The summed E-state index contributed by atoms with van der Waals surface area (Å²) >= 11 is 0. The molecule has 2 aromatic rings. The summed E-state index contributed by atoms with van der Waals surface area (Å²) in [5.74, 6) is 0.515. The quantitative estimate of drug-likeness (QED) is 0.819. The molecule has 3 rings (SSSR count). The molecule has 1 fully saturated rings. The molecule has 0 bridgehead atoms. The molecule has 1 unspecified atom stereocenters. The molecule has 0 saturated heterocycles. The van der Waals surface area contributed by atoms with E-state index in [4.69, 9.17) is 5.11 Å². The predicted octanol–water partition coefficient (Wildman–Crippen LogP) is 3.67. The highest BCUT2D eigenvalue weighted by atomic mass is 16.4.